The van der Waals surface area contributed by atoms with Gasteiger partial charge in [0.1, 0.15) is 0 Å². The summed E-state index contributed by atoms with van der Waals surface area (Å²) < 4.78 is 0. The second-order valence-electron chi connectivity index (χ2n) is 3.06. The molecule has 0 aromatic rings. The molecular weight excluding hydrogens is 148 g/mol. The molecule has 0 amide bonds. The monoisotopic (exact) mass is 162 g/mol. The first kappa shape index (κ1) is 7.80. The fourth-order valence-corrected chi connectivity index (χ4v) is 3.18. The number of rotatable bonds is 3. The van der Waals surface area contributed by atoms with Crippen LogP contribution in [0.2, 0.25) is 0 Å². The predicted octanol–water partition coefficient (Wildman–Crippen LogP) is 3.19. The summed E-state index contributed by atoms with van der Waals surface area (Å²) in [6, 6.07) is 0. The van der Waals surface area contributed by atoms with Crippen LogP contribution in [0.3, 0.4) is 0 Å². The van der Waals surface area contributed by atoms with E-state index in [2.05, 4.69) is 20.1 Å². The lowest BCUT2D eigenvalue weighted by atomic mass is 10.1. The Kier molecular flexibility index (Phi) is 2.38. The molecule has 2 heteroatoms. The summed E-state index contributed by atoms with van der Waals surface area (Å²) in [5.74, 6) is 0. The highest BCUT2D eigenvalue weighted by Gasteiger charge is 2.42. The first-order valence-electron chi connectivity index (χ1n) is 3.38. The Balaban J connectivity index is 2.24. The van der Waals surface area contributed by atoms with E-state index in [0.29, 0.717) is 5.41 Å². The quantitative estimate of drug-likeness (QED) is 0.585. The van der Waals surface area contributed by atoms with Gasteiger partial charge in [0.05, 0.1) is 0 Å². The van der Waals surface area contributed by atoms with Crippen molar-refractivity contribution >= 4 is 21.6 Å². The van der Waals surface area contributed by atoms with Crippen LogP contribution in [-0.4, -0.2) is 11.5 Å². The molecule has 1 saturated carbocycles. The van der Waals surface area contributed by atoms with E-state index in [1.54, 1.807) is 0 Å². The van der Waals surface area contributed by atoms with Crippen LogP contribution >= 0.6 is 21.6 Å². The van der Waals surface area contributed by atoms with Gasteiger partial charge in [-0.1, -0.05) is 35.4 Å². The van der Waals surface area contributed by atoms with Crippen LogP contribution in [0.4, 0.5) is 0 Å². The summed E-state index contributed by atoms with van der Waals surface area (Å²) in [7, 11) is 3.91. The lowest BCUT2D eigenvalue weighted by molar-refractivity contribution is 0.569. The van der Waals surface area contributed by atoms with Gasteiger partial charge in [0.25, 0.3) is 0 Å². The Morgan fingerprint density at radius 1 is 1.44 bits per heavy atom. The molecule has 1 fully saturated rings. The summed E-state index contributed by atoms with van der Waals surface area (Å²) >= 11 is 0. The average Bonchev–Trinajstić information content (AvgIpc) is 2.50. The maximum absolute atomic E-state index is 2.39. The summed E-state index contributed by atoms with van der Waals surface area (Å²) in [6.45, 7) is 4.73. The molecule has 1 rings (SSSR count). The first-order valence-corrected chi connectivity index (χ1v) is 6.00. The van der Waals surface area contributed by atoms with Crippen LogP contribution in [-0.2, 0) is 0 Å². The van der Waals surface area contributed by atoms with Crippen molar-refractivity contribution in [2.45, 2.75) is 31.9 Å². The van der Waals surface area contributed by atoms with Gasteiger partial charge in [0, 0.05) is 5.25 Å². The smallest absolute Gasteiger partial charge is 0.0176 e. The fraction of sp³-hybridized carbons (Fsp3) is 1.00. The molecule has 1 atom stereocenters. The molecular formula is C7H14S2. The highest BCUT2D eigenvalue weighted by atomic mass is 33.1. The molecule has 0 radical (unpaired) electrons. The van der Waals surface area contributed by atoms with Gasteiger partial charge in [-0.2, -0.15) is 0 Å². The van der Waals surface area contributed by atoms with Gasteiger partial charge in [-0.05, 0) is 24.5 Å². The molecule has 0 aromatic heterocycles. The maximum Gasteiger partial charge on any atom is 0.0176 e. The van der Waals surface area contributed by atoms with E-state index in [1.165, 1.54) is 12.8 Å². The van der Waals surface area contributed by atoms with Gasteiger partial charge in [0.15, 0.2) is 0 Å². The highest BCUT2D eigenvalue weighted by molar-refractivity contribution is 8.76. The molecule has 0 aromatic carbocycles. The number of hydrogen-bond acceptors (Lipinski definition) is 2. The van der Waals surface area contributed by atoms with Crippen LogP contribution in [0.5, 0.6) is 0 Å². The SMILES string of the molecule is CSSC(C)C1(C)CC1. The molecule has 0 spiro atoms. The lowest BCUT2D eigenvalue weighted by Crippen LogP contribution is -2.08. The van der Waals surface area contributed by atoms with Crippen molar-refractivity contribution in [1.29, 1.82) is 0 Å². The van der Waals surface area contributed by atoms with Crippen molar-refractivity contribution in [2.75, 3.05) is 6.26 Å². The zero-order valence-corrected chi connectivity index (χ0v) is 7.94. The van der Waals surface area contributed by atoms with E-state index < -0.39 is 0 Å². The Bertz CT molecular complexity index is 97.1. The molecule has 1 aliphatic carbocycles. The van der Waals surface area contributed by atoms with Crippen molar-refractivity contribution in [2.24, 2.45) is 5.41 Å². The topological polar surface area (TPSA) is 0 Å². The highest BCUT2D eigenvalue weighted by Crippen LogP contribution is 2.53. The zero-order chi connectivity index (χ0) is 6.91. The van der Waals surface area contributed by atoms with E-state index in [9.17, 15) is 0 Å². The lowest BCUT2D eigenvalue weighted by Gasteiger charge is -2.15. The maximum atomic E-state index is 2.39. The molecule has 0 heterocycles. The molecule has 9 heavy (non-hydrogen) atoms. The normalized spacial score (nSPS) is 25.7. The van der Waals surface area contributed by atoms with Crippen molar-refractivity contribution in [3.63, 3.8) is 0 Å². The minimum atomic E-state index is 0.702. The van der Waals surface area contributed by atoms with Crippen molar-refractivity contribution in [1.82, 2.24) is 0 Å². The van der Waals surface area contributed by atoms with Crippen LogP contribution in [0.15, 0.2) is 0 Å². The zero-order valence-electron chi connectivity index (χ0n) is 6.31. The summed E-state index contributed by atoms with van der Waals surface area (Å²) in [6.07, 6.45) is 5.05. The standard InChI is InChI=1S/C7H14S2/c1-6(9-8-3)7(2)4-5-7/h6H,4-5H2,1-3H3. The molecule has 1 unspecified atom stereocenters. The molecule has 0 N–H and O–H groups in total. The summed E-state index contributed by atoms with van der Waals surface area (Å²) in [4.78, 5) is 0. The van der Waals surface area contributed by atoms with Gasteiger partial charge >= 0.3 is 0 Å². The molecule has 0 nitrogen and oxygen atoms in total. The third-order valence-corrected chi connectivity index (χ3v) is 4.75. The van der Waals surface area contributed by atoms with Crippen LogP contribution < -0.4 is 0 Å². The van der Waals surface area contributed by atoms with E-state index in [4.69, 9.17) is 0 Å². The van der Waals surface area contributed by atoms with Gasteiger partial charge in [-0.25, -0.2) is 0 Å². The van der Waals surface area contributed by atoms with Gasteiger partial charge in [0.2, 0.25) is 0 Å². The third-order valence-electron chi connectivity index (χ3n) is 2.26. The second-order valence-corrected chi connectivity index (χ2v) is 5.87. The fourth-order valence-electron chi connectivity index (χ4n) is 0.864. The van der Waals surface area contributed by atoms with Crippen molar-refractivity contribution in [3.05, 3.63) is 0 Å². The van der Waals surface area contributed by atoms with E-state index >= 15 is 0 Å². The largest absolute Gasteiger partial charge is 0.0973 e. The van der Waals surface area contributed by atoms with Crippen LogP contribution in [0.1, 0.15) is 26.7 Å². The van der Waals surface area contributed by atoms with Crippen LogP contribution in [0.25, 0.3) is 0 Å². The van der Waals surface area contributed by atoms with E-state index in [1.807, 2.05) is 21.6 Å². The Morgan fingerprint density at radius 2 is 2.00 bits per heavy atom. The van der Waals surface area contributed by atoms with Gasteiger partial charge < -0.3 is 0 Å². The minimum Gasteiger partial charge on any atom is -0.0973 e. The van der Waals surface area contributed by atoms with E-state index in [0.717, 1.165) is 5.25 Å². The second kappa shape index (κ2) is 2.75. The van der Waals surface area contributed by atoms with Gasteiger partial charge in [-0.3, -0.25) is 0 Å². The molecule has 54 valence electrons. The van der Waals surface area contributed by atoms with Crippen molar-refractivity contribution in [3.8, 4) is 0 Å². The number of hydrogen-bond donors (Lipinski definition) is 0. The minimum absolute atomic E-state index is 0.702. The predicted molar refractivity (Wildman–Crippen MR) is 47.9 cm³/mol. The average molecular weight is 162 g/mol. The summed E-state index contributed by atoms with van der Waals surface area (Å²) in [5.41, 5.74) is 0.702. The Hall–Kier alpha value is 0.700. The molecule has 0 aliphatic heterocycles. The van der Waals surface area contributed by atoms with E-state index in [-0.39, 0.29) is 0 Å². The third kappa shape index (κ3) is 1.81. The first-order chi connectivity index (χ1) is 4.19. The Morgan fingerprint density at radius 3 is 2.33 bits per heavy atom. The molecule has 0 bridgehead atoms. The Labute approximate surface area is 65.6 Å². The van der Waals surface area contributed by atoms with Crippen molar-refractivity contribution < 1.29 is 0 Å². The molecule has 1 aliphatic rings. The summed E-state index contributed by atoms with van der Waals surface area (Å²) in [5, 5.41) is 0.854. The van der Waals surface area contributed by atoms with Gasteiger partial charge in [-0.15, -0.1) is 0 Å². The molecule has 0 saturated heterocycles. The van der Waals surface area contributed by atoms with Crippen LogP contribution in [0, 0.1) is 5.41 Å².